The third kappa shape index (κ3) is 5.09. The van der Waals surface area contributed by atoms with E-state index in [0.717, 1.165) is 5.69 Å². The molecule has 0 bridgehead atoms. The van der Waals surface area contributed by atoms with Crippen LogP contribution in [0.1, 0.15) is 12.1 Å². The monoisotopic (exact) mass is 311 g/mol. The number of amides is 1. The molecule has 1 aliphatic rings. The van der Waals surface area contributed by atoms with Crippen molar-refractivity contribution in [2.75, 3.05) is 31.6 Å². The van der Waals surface area contributed by atoms with Crippen molar-refractivity contribution in [3.63, 3.8) is 0 Å². The van der Waals surface area contributed by atoms with Crippen LogP contribution in [0.3, 0.4) is 0 Å². The number of hydrogen-bond acceptors (Lipinski definition) is 5. The first kappa shape index (κ1) is 15.9. The van der Waals surface area contributed by atoms with Gasteiger partial charge in [-0.3, -0.25) is 9.78 Å². The van der Waals surface area contributed by atoms with Crippen LogP contribution in [-0.4, -0.2) is 61.9 Å². The van der Waals surface area contributed by atoms with Gasteiger partial charge in [-0.1, -0.05) is 6.07 Å². The van der Waals surface area contributed by atoms with E-state index >= 15 is 0 Å². The molecule has 1 unspecified atom stereocenters. The van der Waals surface area contributed by atoms with E-state index in [0.29, 0.717) is 19.5 Å². The van der Waals surface area contributed by atoms with Crippen molar-refractivity contribution in [3.8, 4) is 0 Å². The zero-order valence-electron chi connectivity index (χ0n) is 12.2. The zero-order valence-corrected chi connectivity index (χ0v) is 13.0. The number of pyridine rings is 1. The number of aromatic nitrogens is 1. The number of nitrogens with zero attached hydrogens (tertiary/aromatic N) is 2. The summed E-state index contributed by atoms with van der Waals surface area (Å²) in [7, 11) is -1.26. The largest absolute Gasteiger partial charge is 0.345 e. The molecule has 1 aromatic heterocycles. The molecule has 1 aliphatic heterocycles. The summed E-state index contributed by atoms with van der Waals surface area (Å²) in [6.07, 6.45) is 2.64. The molecule has 116 valence electrons. The lowest BCUT2D eigenvalue weighted by molar-refractivity contribution is -0.130. The van der Waals surface area contributed by atoms with E-state index in [4.69, 9.17) is 0 Å². The van der Waals surface area contributed by atoms with E-state index in [1.807, 2.05) is 18.2 Å². The van der Waals surface area contributed by atoms with Crippen molar-refractivity contribution in [1.29, 1.82) is 0 Å². The molecule has 1 atom stereocenters. The first-order valence-corrected chi connectivity index (χ1v) is 8.86. The Morgan fingerprint density at radius 3 is 2.95 bits per heavy atom. The van der Waals surface area contributed by atoms with Gasteiger partial charge in [0.2, 0.25) is 5.91 Å². The molecule has 0 radical (unpaired) electrons. The number of nitrogens with one attached hydrogen (secondary N) is 1. The van der Waals surface area contributed by atoms with Crippen LogP contribution in [0.25, 0.3) is 0 Å². The lowest BCUT2D eigenvalue weighted by Crippen LogP contribution is -2.47. The molecule has 0 saturated carbocycles. The molecule has 0 spiro atoms. The molecular weight excluding hydrogens is 290 g/mol. The fraction of sp³-hybridized carbons (Fsp3) is 0.571. The topological polar surface area (TPSA) is 79.4 Å². The third-order valence-corrected chi connectivity index (χ3v) is 5.31. The highest BCUT2D eigenvalue weighted by atomic mass is 32.2. The van der Waals surface area contributed by atoms with Gasteiger partial charge in [0, 0.05) is 50.9 Å². The van der Waals surface area contributed by atoms with E-state index in [1.54, 1.807) is 18.1 Å². The highest BCUT2D eigenvalue weighted by molar-refractivity contribution is 7.91. The Balaban J connectivity index is 1.80. The Morgan fingerprint density at radius 1 is 1.48 bits per heavy atom. The van der Waals surface area contributed by atoms with Crippen LogP contribution >= 0.6 is 0 Å². The van der Waals surface area contributed by atoms with Crippen LogP contribution in [0.2, 0.25) is 0 Å². The van der Waals surface area contributed by atoms with Gasteiger partial charge in [-0.25, -0.2) is 8.42 Å². The Bertz CT molecular complexity index is 574. The molecule has 7 heteroatoms. The van der Waals surface area contributed by atoms with Crippen molar-refractivity contribution in [3.05, 3.63) is 30.1 Å². The summed E-state index contributed by atoms with van der Waals surface area (Å²) in [6.45, 7) is 1.01. The summed E-state index contributed by atoms with van der Waals surface area (Å²) in [4.78, 5) is 18.0. The average molecular weight is 311 g/mol. The van der Waals surface area contributed by atoms with Crippen molar-refractivity contribution in [1.82, 2.24) is 15.2 Å². The fourth-order valence-electron chi connectivity index (χ4n) is 2.32. The van der Waals surface area contributed by atoms with Gasteiger partial charge in [0.15, 0.2) is 9.84 Å². The minimum Gasteiger partial charge on any atom is -0.345 e. The van der Waals surface area contributed by atoms with Gasteiger partial charge < -0.3 is 10.2 Å². The van der Waals surface area contributed by atoms with Gasteiger partial charge in [-0.05, 0) is 12.1 Å². The second kappa shape index (κ2) is 7.00. The molecule has 1 saturated heterocycles. The van der Waals surface area contributed by atoms with Crippen molar-refractivity contribution in [2.45, 2.75) is 18.9 Å². The van der Waals surface area contributed by atoms with Gasteiger partial charge in [-0.15, -0.1) is 0 Å². The maximum Gasteiger partial charge on any atom is 0.223 e. The van der Waals surface area contributed by atoms with Crippen LogP contribution in [-0.2, 0) is 21.1 Å². The third-order valence-electron chi connectivity index (χ3n) is 3.58. The van der Waals surface area contributed by atoms with E-state index < -0.39 is 9.84 Å². The number of sulfone groups is 1. The number of hydrogen-bond donors (Lipinski definition) is 1. The molecule has 2 rings (SSSR count). The lowest BCUT2D eigenvalue weighted by atomic mass is 10.2. The van der Waals surface area contributed by atoms with Crippen molar-refractivity contribution < 1.29 is 13.2 Å². The smallest absolute Gasteiger partial charge is 0.223 e. The highest BCUT2D eigenvalue weighted by Crippen LogP contribution is 2.07. The molecule has 0 aromatic carbocycles. The SMILES string of the molecule is CN(CCc1ccccn1)C(=O)CC1CS(=O)(=O)CCN1. The molecule has 0 aliphatic carbocycles. The quantitative estimate of drug-likeness (QED) is 0.819. The Morgan fingerprint density at radius 2 is 2.29 bits per heavy atom. The summed E-state index contributed by atoms with van der Waals surface area (Å²) in [5.41, 5.74) is 0.940. The van der Waals surface area contributed by atoms with Crippen molar-refractivity contribution >= 4 is 15.7 Å². The summed E-state index contributed by atoms with van der Waals surface area (Å²) in [5, 5.41) is 3.10. The fourth-order valence-corrected chi connectivity index (χ4v) is 3.76. The first-order chi connectivity index (χ1) is 9.96. The second-order valence-corrected chi connectivity index (χ2v) is 7.58. The number of carbonyl (C=O) groups is 1. The van der Waals surface area contributed by atoms with Gasteiger partial charge in [0.25, 0.3) is 0 Å². The molecule has 1 amide bonds. The predicted octanol–water partition coefficient (Wildman–Crippen LogP) is -0.141. The maximum absolute atomic E-state index is 12.1. The van der Waals surface area contributed by atoms with Crippen LogP contribution in [0.4, 0.5) is 0 Å². The van der Waals surface area contributed by atoms with E-state index in [-0.39, 0.29) is 29.9 Å². The first-order valence-electron chi connectivity index (χ1n) is 7.04. The molecular formula is C14H21N3O3S. The standard InChI is InChI=1S/C14H21N3O3S/c1-17(8-5-12-4-2-3-6-15-12)14(18)10-13-11-21(19,20)9-7-16-13/h2-4,6,13,16H,5,7-11H2,1H3. The number of rotatable bonds is 5. The Labute approximate surface area is 125 Å². The Kier molecular flexibility index (Phi) is 5.30. The minimum atomic E-state index is -3.00. The average Bonchev–Trinajstić information content (AvgIpc) is 2.44. The van der Waals surface area contributed by atoms with Gasteiger partial charge in [-0.2, -0.15) is 0 Å². The van der Waals surface area contributed by atoms with Crippen LogP contribution in [0.5, 0.6) is 0 Å². The van der Waals surface area contributed by atoms with Gasteiger partial charge in [0.1, 0.15) is 0 Å². The normalized spacial score (nSPS) is 20.9. The maximum atomic E-state index is 12.1. The molecule has 1 fully saturated rings. The van der Waals surface area contributed by atoms with Crippen LogP contribution in [0.15, 0.2) is 24.4 Å². The van der Waals surface area contributed by atoms with Crippen LogP contribution < -0.4 is 5.32 Å². The number of carbonyl (C=O) groups excluding carboxylic acids is 1. The molecule has 1 aromatic rings. The van der Waals surface area contributed by atoms with Crippen molar-refractivity contribution in [2.24, 2.45) is 0 Å². The summed E-state index contributed by atoms with van der Waals surface area (Å²) >= 11 is 0. The molecule has 2 heterocycles. The lowest BCUT2D eigenvalue weighted by Gasteiger charge is -2.25. The second-order valence-electron chi connectivity index (χ2n) is 5.36. The molecule has 1 N–H and O–H groups in total. The Hall–Kier alpha value is -1.47. The molecule has 21 heavy (non-hydrogen) atoms. The zero-order chi connectivity index (χ0) is 15.3. The van der Waals surface area contributed by atoms with Gasteiger partial charge >= 0.3 is 0 Å². The van der Waals surface area contributed by atoms with Gasteiger partial charge in [0.05, 0.1) is 11.5 Å². The highest BCUT2D eigenvalue weighted by Gasteiger charge is 2.26. The number of likely N-dealkylation sites (N-methyl/N-ethyl adjacent to an activating group) is 1. The van der Waals surface area contributed by atoms with E-state index in [1.165, 1.54) is 0 Å². The van der Waals surface area contributed by atoms with Crippen LogP contribution in [0, 0.1) is 0 Å². The summed E-state index contributed by atoms with van der Waals surface area (Å²) < 4.78 is 23.1. The predicted molar refractivity (Wildman–Crippen MR) is 80.6 cm³/mol. The minimum absolute atomic E-state index is 0.0412. The van der Waals surface area contributed by atoms with E-state index in [2.05, 4.69) is 10.3 Å². The van der Waals surface area contributed by atoms with E-state index in [9.17, 15) is 13.2 Å². The molecule has 6 nitrogen and oxygen atoms in total. The summed E-state index contributed by atoms with van der Waals surface area (Å²) in [6, 6.07) is 5.43. The summed E-state index contributed by atoms with van der Waals surface area (Å²) in [5.74, 6) is 0.167.